The van der Waals surface area contributed by atoms with Crippen LogP contribution >= 0.6 is 11.8 Å². The summed E-state index contributed by atoms with van der Waals surface area (Å²) in [5.41, 5.74) is -0.450. The molecule has 17 heavy (non-hydrogen) atoms. The molecule has 0 aromatic carbocycles. The van der Waals surface area contributed by atoms with Crippen LogP contribution in [0.25, 0.3) is 0 Å². The monoisotopic (exact) mass is 258 g/mol. The molecule has 3 heteroatoms. The van der Waals surface area contributed by atoms with Crippen molar-refractivity contribution in [3.05, 3.63) is 0 Å². The van der Waals surface area contributed by atoms with Crippen molar-refractivity contribution in [3.63, 3.8) is 0 Å². The molecule has 2 unspecified atom stereocenters. The van der Waals surface area contributed by atoms with Crippen LogP contribution < -0.4 is 0 Å². The Morgan fingerprint density at radius 1 is 1.35 bits per heavy atom. The van der Waals surface area contributed by atoms with E-state index in [0.29, 0.717) is 11.8 Å². The second-order valence-electron chi connectivity index (χ2n) is 6.21. The fourth-order valence-electron chi connectivity index (χ4n) is 3.09. The largest absolute Gasteiger partial charge is 0.390 e. The number of rotatable bonds is 2. The number of ether oxygens (including phenoxy) is 1. The van der Waals surface area contributed by atoms with E-state index < -0.39 is 5.60 Å². The zero-order chi connectivity index (χ0) is 12.5. The summed E-state index contributed by atoms with van der Waals surface area (Å²) in [6.45, 7) is 7.09. The molecule has 1 spiro atoms. The molecular weight excluding hydrogens is 232 g/mol. The van der Waals surface area contributed by atoms with E-state index in [9.17, 15) is 5.11 Å². The molecule has 1 N–H and O–H groups in total. The van der Waals surface area contributed by atoms with Gasteiger partial charge in [0.25, 0.3) is 0 Å². The van der Waals surface area contributed by atoms with Gasteiger partial charge in [-0.2, -0.15) is 11.8 Å². The van der Waals surface area contributed by atoms with E-state index in [1.54, 1.807) is 0 Å². The molecule has 0 aliphatic carbocycles. The molecule has 0 saturated carbocycles. The lowest BCUT2D eigenvalue weighted by Gasteiger charge is -2.48. The molecule has 0 bridgehead atoms. The normalized spacial score (nSPS) is 32.6. The quantitative estimate of drug-likeness (QED) is 0.825. The van der Waals surface area contributed by atoms with Crippen LogP contribution in [0.15, 0.2) is 0 Å². The van der Waals surface area contributed by atoms with Crippen LogP contribution in [0.3, 0.4) is 0 Å². The van der Waals surface area contributed by atoms with Gasteiger partial charge in [-0.05, 0) is 55.9 Å². The maximum Gasteiger partial charge on any atom is 0.0702 e. The Hall–Kier alpha value is 0.270. The number of hydrogen-bond donors (Lipinski definition) is 1. The van der Waals surface area contributed by atoms with Crippen molar-refractivity contribution in [2.45, 2.75) is 57.7 Å². The molecule has 0 radical (unpaired) electrons. The fourth-order valence-corrected chi connectivity index (χ4v) is 4.33. The molecule has 2 saturated heterocycles. The first-order valence-corrected chi connectivity index (χ1v) is 8.06. The molecule has 0 aromatic rings. The van der Waals surface area contributed by atoms with E-state index >= 15 is 0 Å². The minimum absolute atomic E-state index is 0.0903. The molecule has 0 aromatic heterocycles. The predicted molar refractivity (Wildman–Crippen MR) is 73.4 cm³/mol. The first kappa shape index (κ1) is 13.7. The van der Waals surface area contributed by atoms with Crippen LogP contribution in [0.4, 0.5) is 0 Å². The molecular formula is C14H26O2S. The Balaban J connectivity index is 2.06. The van der Waals surface area contributed by atoms with E-state index in [2.05, 4.69) is 13.8 Å². The Bertz CT molecular complexity index is 251. The molecule has 2 fully saturated rings. The minimum Gasteiger partial charge on any atom is -0.390 e. The maximum atomic E-state index is 10.7. The number of thioether (sulfide) groups is 1. The van der Waals surface area contributed by atoms with Gasteiger partial charge in [0.1, 0.15) is 0 Å². The van der Waals surface area contributed by atoms with Crippen molar-refractivity contribution < 1.29 is 9.84 Å². The van der Waals surface area contributed by atoms with Gasteiger partial charge in [-0.3, -0.25) is 0 Å². The number of hydrogen-bond acceptors (Lipinski definition) is 3. The van der Waals surface area contributed by atoms with Crippen molar-refractivity contribution >= 4 is 11.8 Å². The van der Waals surface area contributed by atoms with Crippen LogP contribution in [0.1, 0.15) is 46.5 Å². The van der Waals surface area contributed by atoms with E-state index in [-0.39, 0.29) is 5.60 Å². The van der Waals surface area contributed by atoms with E-state index in [1.807, 2.05) is 18.7 Å². The van der Waals surface area contributed by atoms with Gasteiger partial charge >= 0.3 is 0 Å². The molecule has 2 heterocycles. The number of aliphatic hydroxyl groups is 1. The van der Waals surface area contributed by atoms with Crippen LogP contribution in [0, 0.1) is 11.8 Å². The SMILES string of the molecule is CC(C)C(C)(O)C1CCOC2(CCSCC2)C1. The summed E-state index contributed by atoms with van der Waals surface area (Å²) in [5.74, 6) is 3.16. The van der Waals surface area contributed by atoms with Gasteiger partial charge in [0.05, 0.1) is 11.2 Å². The lowest BCUT2D eigenvalue weighted by molar-refractivity contribution is -0.152. The summed E-state index contributed by atoms with van der Waals surface area (Å²) < 4.78 is 6.09. The van der Waals surface area contributed by atoms with Crippen LogP contribution in [0.2, 0.25) is 0 Å². The van der Waals surface area contributed by atoms with Crippen LogP contribution in [-0.2, 0) is 4.74 Å². The molecule has 2 nitrogen and oxygen atoms in total. The Morgan fingerprint density at radius 2 is 2.00 bits per heavy atom. The van der Waals surface area contributed by atoms with Crippen molar-refractivity contribution in [3.8, 4) is 0 Å². The van der Waals surface area contributed by atoms with E-state index in [4.69, 9.17) is 4.74 Å². The lowest BCUT2D eigenvalue weighted by Crippen LogP contribution is -2.50. The average Bonchev–Trinajstić information content (AvgIpc) is 2.30. The molecule has 0 amide bonds. The summed E-state index contributed by atoms with van der Waals surface area (Å²) in [6, 6.07) is 0. The minimum atomic E-state index is -0.540. The van der Waals surface area contributed by atoms with Gasteiger partial charge in [-0.1, -0.05) is 13.8 Å². The van der Waals surface area contributed by atoms with Crippen molar-refractivity contribution in [1.29, 1.82) is 0 Å². The zero-order valence-corrected chi connectivity index (χ0v) is 12.2. The summed E-state index contributed by atoms with van der Waals surface area (Å²) in [4.78, 5) is 0. The van der Waals surface area contributed by atoms with Crippen molar-refractivity contribution in [2.75, 3.05) is 18.1 Å². The maximum absolute atomic E-state index is 10.7. The third-order valence-corrected chi connectivity index (χ3v) is 5.88. The highest BCUT2D eigenvalue weighted by molar-refractivity contribution is 7.99. The third-order valence-electron chi connectivity index (χ3n) is 4.89. The fraction of sp³-hybridized carbons (Fsp3) is 1.00. The summed E-state index contributed by atoms with van der Waals surface area (Å²) in [7, 11) is 0. The van der Waals surface area contributed by atoms with Crippen molar-refractivity contribution in [1.82, 2.24) is 0 Å². The Labute approximate surface area is 110 Å². The average molecular weight is 258 g/mol. The zero-order valence-electron chi connectivity index (χ0n) is 11.4. The molecule has 2 aliphatic rings. The Kier molecular flexibility index (Phi) is 4.11. The summed E-state index contributed by atoms with van der Waals surface area (Å²) in [6.07, 6.45) is 4.41. The lowest BCUT2D eigenvalue weighted by atomic mass is 9.70. The van der Waals surface area contributed by atoms with Gasteiger partial charge in [-0.25, -0.2) is 0 Å². The highest BCUT2D eigenvalue weighted by Gasteiger charge is 2.45. The third kappa shape index (κ3) is 2.82. The van der Waals surface area contributed by atoms with E-state index in [0.717, 1.165) is 19.4 Å². The molecule has 2 aliphatic heterocycles. The summed E-state index contributed by atoms with van der Waals surface area (Å²) >= 11 is 2.04. The first-order chi connectivity index (χ1) is 7.96. The topological polar surface area (TPSA) is 29.5 Å². The van der Waals surface area contributed by atoms with Crippen LogP contribution in [0.5, 0.6) is 0 Å². The standard InChI is InChI=1S/C14H26O2S/c1-11(2)13(3,15)12-4-7-16-14(10-12)5-8-17-9-6-14/h11-12,15H,4-10H2,1-3H3. The van der Waals surface area contributed by atoms with E-state index in [1.165, 1.54) is 24.3 Å². The molecule has 2 rings (SSSR count). The molecule has 100 valence electrons. The predicted octanol–water partition coefficient (Wildman–Crippen LogP) is 3.09. The van der Waals surface area contributed by atoms with Gasteiger partial charge in [0.2, 0.25) is 0 Å². The summed E-state index contributed by atoms with van der Waals surface area (Å²) in [5, 5.41) is 10.7. The smallest absolute Gasteiger partial charge is 0.0702 e. The highest BCUT2D eigenvalue weighted by atomic mass is 32.2. The molecule has 2 atom stereocenters. The van der Waals surface area contributed by atoms with Gasteiger partial charge in [-0.15, -0.1) is 0 Å². The first-order valence-electron chi connectivity index (χ1n) is 6.90. The van der Waals surface area contributed by atoms with Crippen molar-refractivity contribution in [2.24, 2.45) is 11.8 Å². The van der Waals surface area contributed by atoms with Gasteiger partial charge in [0, 0.05) is 6.61 Å². The highest BCUT2D eigenvalue weighted by Crippen LogP contribution is 2.44. The van der Waals surface area contributed by atoms with Crippen LogP contribution in [-0.4, -0.2) is 34.4 Å². The van der Waals surface area contributed by atoms with Gasteiger partial charge < -0.3 is 9.84 Å². The Morgan fingerprint density at radius 3 is 2.59 bits per heavy atom. The second kappa shape index (κ2) is 5.10. The second-order valence-corrected chi connectivity index (χ2v) is 7.44. The van der Waals surface area contributed by atoms with Gasteiger partial charge in [0.15, 0.2) is 0 Å².